The van der Waals surface area contributed by atoms with Crippen LogP contribution in [-0.2, 0) is 14.4 Å². The van der Waals surface area contributed by atoms with E-state index in [0.29, 0.717) is 22.9 Å². The monoisotopic (exact) mass is 393 g/mol. The number of carbonyl (C=O) groups excluding carboxylic acids is 3. The normalized spacial score (nSPS) is 25.3. The van der Waals surface area contributed by atoms with Crippen molar-refractivity contribution >= 4 is 35.0 Å². The number of primary amides is 1. The minimum absolute atomic E-state index is 0.0754. The molecular formula is C19H24ClN3O4. The molecule has 1 saturated carbocycles. The van der Waals surface area contributed by atoms with Gasteiger partial charge in [-0.1, -0.05) is 18.0 Å². The summed E-state index contributed by atoms with van der Waals surface area (Å²) in [5, 5.41) is 3.49. The first-order valence-corrected chi connectivity index (χ1v) is 9.50. The van der Waals surface area contributed by atoms with Crippen molar-refractivity contribution in [1.29, 1.82) is 0 Å². The van der Waals surface area contributed by atoms with E-state index in [9.17, 15) is 14.4 Å². The number of anilines is 1. The molecule has 0 aromatic heterocycles. The number of hydrogen-bond donors (Lipinski definition) is 2. The Balaban J connectivity index is 1.66. The second kappa shape index (κ2) is 8.17. The lowest BCUT2D eigenvalue weighted by Crippen LogP contribution is -2.44. The van der Waals surface area contributed by atoms with E-state index in [1.807, 2.05) is 0 Å². The Labute approximate surface area is 163 Å². The maximum Gasteiger partial charge on any atom is 0.227 e. The highest BCUT2D eigenvalue weighted by atomic mass is 35.5. The van der Waals surface area contributed by atoms with Gasteiger partial charge in [-0.2, -0.15) is 0 Å². The molecule has 1 aromatic carbocycles. The predicted molar refractivity (Wildman–Crippen MR) is 102 cm³/mol. The molecular weight excluding hydrogens is 370 g/mol. The molecule has 0 spiro atoms. The molecule has 3 N–H and O–H groups in total. The second-order valence-electron chi connectivity index (χ2n) is 7.19. The number of nitrogens with zero attached hydrogens (tertiary/aromatic N) is 1. The van der Waals surface area contributed by atoms with Crippen LogP contribution in [0.3, 0.4) is 0 Å². The van der Waals surface area contributed by atoms with Crippen molar-refractivity contribution in [3.05, 3.63) is 23.2 Å². The van der Waals surface area contributed by atoms with Crippen molar-refractivity contribution in [3.8, 4) is 5.75 Å². The van der Waals surface area contributed by atoms with Gasteiger partial charge in [0.25, 0.3) is 0 Å². The summed E-state index contributed by atoms with van der Waals surface area (Å²) in [5.74, 6) is -0.734. The van der Waals surface area contributed by atoms with Crippen LogP contribution in [0.4, 0.5) is 5.69 Å². The van der Waals surface area contributed by atoms with Crippen molar-refractivity contribution in [2.75, 3.05) is 18.6 Å². The molecule has 7 nitrogen and oxygen atoms in total. The Morgan fingerprint density at radius 2 is 2.07 bits per heavy atom. The number of nitrogens with two attached hydrogens (primary N) is 1. The van der Waals surface area contributed by atoms with E-state index in [4.69, 9.17) is 22.1 Å². The van der Waals surface area contributed by atoms with E-state index in [2.05, 4.69) is 5.32 Å². The van der Waals surface area contributed by atoms with Crippen LogP contribution in [0.15, 0.2) is 18.2 Å². The van der Waals surface area contributed by atoms with E-state index >= 15 is 0 Å². The van der Waals surface area contributed by atoms with Gasteiger partial charge in [0.1, 0.15) is 5.75 Å². The number of ether oxygens (including phenoxy) is 1. The summed E-state index contributed by atoms with van der Waals surface area (Å²) in [6.45, 7) is 0.271. The van der Waals surface area contributed by atoms with E-state index in [1.54, 1.807) is 23.1 Å². The molecule has 8 heteroatoms. The number of carbonyl (C=O) groups is 3. The quantitative estimate of drug-likeness (QED) is 0.797. The molecule has 0 radical (unpaired) electrons. The van der Waals surface area contributed by atoms with Gasteiger partial charge in [0.05, 0.1) is 18.7 Å². The molecule has 146 valence electrons. The molecule has 2 aliphatic rings. The minimum Gasteiger partial charge on any atom is -0.495 e. The van der Waals surface area contributed by atoms with Crippen LogP contribution in [0.5, 0.6) is 5.75 Å². The first kappa shape index (κ1) is 19.5. The second-order valence-corrected chi connectivity index (χ2v) is 7.63. The fourth-order valence-corrected chi connectivity index (χ4v) is 4.05. The van der Waals surface area contributed by atoms with Gasteiger partial charge in [-0.15, -0.1) is 0 Å². The Bertz CT molecular complexity index is 754. The molecule has 3 atom stereocenters. The number of benzene rings is 1. The van der Waals surface area contributed by atoms with Gasteiger partial charge in [-0.3, -0.25) is 14.4 Å². The van der Waals surface area contributed by atoms with Crippen molar-refractivity contribution in [3.63, 3.8) is 0 Å². The molecule has 1 heterocycles. The summed E-state index contributed by atoms with van der Waals surface area (Å²) in [6, 6.07) is 4.97. The van der Waals surface area contributed by atoms with Crippen LogP contribution in [0.2, 0.25) is 5.02 Å². The maximum atomic E-state index is 12.7. The van der Waals surface area contributed by atoms with Crippen molar-refractivity contribution in [2.45, 2.75) is 38.1 Å². The highest BCUT2D eigenvalue weighted by Crippen LogP contribution is 2.35. The van der Waals surface area contributed by atoms with Gasteiger partial charge in [-0.05, 0) is 37.5 Å². The average molecular weight is 394 g/mol. The largest absolute Gasteiger partial charge is 0.495 e. The minimum atomic E-state index is -0.449. The first-order valence-electron chi connectivity index (χ1n) is 9.12. The molecule has 27 heavy (non-hydrogen) atoms. The number of rotatable bonds is 5. The number of halogens is 1. The fourth-order valence-electron chi connectivity index (χ4n) is 3.89. The molecule has 1 aromatic rings. The fraction of sp³-hybridized carbons (Fsp3) is 0.526. The smallest absolute Gasteiger partial charge is 0.227 e. The van der Waals surface area contributed by atoms with Crippen LogP contribution in [0, 0.1) is 11.8 Å². The van der Waals surface area contributed by atoms with Gasteiger partial charge >= 0.3 is 0 Å². The zero-order valence-electron chi connectivity index (χ0n) is 15.2. The zero-order chi connectivity index (χ0) is 19.6. The summed E-state index contributed by atoms with van der Waals surface area (Å²) < 4.78 is 5.32. The first-order chi connectivity index (χ1) is 12.9. The third-order valence-corrected chi connectivity index (χ3v) is 5.59. The summed E-state index contributed by atoms with van der Waals surface area (Å²) in [7, 11) is 1.52. The summed E-state index contributed by atoms with van der Waals surface area (Å²) in [6.07, 6.45) is 3.14. The zero-order valence-corrected chi connectivity index (χ0v) is 16.0. The van der Waals surface area contributed by atoms with Crippen molar-refractivity contribution in [1.82, 2.24) is 5.32 Å². The van der Waals surface area contributed by atoms with Crippen LogP contribution >= 0.6 is 11.6 Å². The highest BCUT2D eigenvalue weighted by molar-refractivity contribution is 6.31. The number of nitrogens with one attached hydrogen (secondary N) is 1. The van der Waals surface area contributed by atoms with Crippen LogP contribution in [0.25, 0.3) is 0 Å². The standard InChI is InChI=1S/C19H24ClN3O4/c1-27-16-6-5-13(20)9-15(16)23-10-12(8-17(23)24)19(26)22-14-4-2-3-11(7-14)18(21)25/h5-6,9,11-12,14H,2-4,7-8,10H2,1H3,(H2,21,25)(H,22,26). The number of hydrogen-bond acceptors (Lipinski definition) is 4. The van der Waals surface area contributed by atoms with E-state index in [1.165, 1.54) is 7.11 Å². The van der Waals surface area contributed by atoms with Gasteiger partial charge in [0, 0.05) is 29.9 Å². The Hall–Kier alpha value is -2.28. The summed E-state index contributed by atoms with van der Waals surface area (Å²) in [4.78, 5) is 38.1. The third kappa shape index (κ3) is 4.35. The van der Waals surface area contributed by atoms with Gasteiger partial charge in [-0.25, -0.2) is 0 Å². The molecule has 1 aliphatic carbocycles. The highest BCUT2D eigenvalue weighted by Gasteiger charge is 2.37. The molecule has 3 unspecified atom stereocenters. The van der Waals surface area contributed by atoms with Gasteiger partial charge in [0.2, 0.25) is 17.7 Å². The van der Waals surface area contributed by atoms with Gasteiger partial charge in [0.15, 0.2) is 0 Å². The molecule has 3 rings (SSSR count). The molecule has 1 saturated heterocycles. The number of amides is 3. The van der Waals surface area contributed by atoms with Crippen LogP contribution in [0.1, 0.15) is 32.1 Å². The average Bonchev–Trinajstić information content (AvgIpc) is 3.03. The van der Waals surface area contributed by atoms with E-state index < -0.39 is 5.92 Å². The Kier molecular flexibility index (Phi) is 5.89. The molecule has 3 amide bonds. The SMILES string of the molecule is COc1ccc(Cl)cc1N1CC(C(=O)NC2CCCC(C(N)=O)C2)CC1=O. The van der Waals surface area contributed by atoms with Gasteiger partial charge < -0.3 is 20.7 Å². The third-order valence-electron chi connectivity index (χ3n) is 5.35. The Morgan fingerprint density at radius 3 is 2.78 bits per heavy atom. The van der Waals surface area contributed by atoms with Crippen LogP contribution in [-0.4, -0.2) is 37.4 Å². The van der Waals surface area contributed by atoms with E-state index in [0.717, 1.165) is 19.3 Å². The lowest BCUT2D eigenvalue weighted by Gasteiger charge is -2.28. The maximum absolute atomic E-state index is 12.7. The molecule has 1 aliphatic heterocycles. The summed E-state index contributed by atoms with van der Waals surface area (Å²) >= 11 is 6.06. The predicted octanol–water partition coefficient (Wildman–Crippen LogP) is 1.86. The molecule has 2 fully saturated rings. The molecule has 0 bridgehead atoms. The number of methoxy groups -OCH3 is 1. The lowest BCUT2D eigenvalue weighted by molar-refractivity contribution is -0.128. The van der Waals surface area contributed by atoms with Crippen LogP contribution < -0.4 is 20.7 Å². The summed E-state index contributed by atoms with van der Waals surface area (Å²) in [5.41, 5.74) is 5.96. The Morgan fingerprint density at radius 1 is 1.30 bits per heavy atom. The topological polar surface area (TPSA) is 102 Å². The van der Waals surface area contributed by atoms with Crippen molar-refractivity contribution in [2.24, 2.45) is 17.6 Å². The van der Waals surface area contributed by atoms with E-state index in [-0.39, 0.29) is 42.6 Å². The van der Waals surface area contributed by atoms with Crippen molar-refractivity contribution < 1.29 is 19.1 Å². The lowest BCUT2D eigenvalue weighted by atomic mass is 9.85.